The molecule has 0 radical (unpaired) electrons. The van der Waals surface area contributed by atoms with Crippen LogP contribution < -0.4 is 11.2 Å². The van der Waals surface area contributed by atoms with Crippen LogP contribution >= 0.6 is 11.8 Å². The average Bonchev–Trinajstić information content (AvgIpc) is 3.31. The maximum atomic E-state index is 13.5. The lowest BCUT2D eigenvalue weighted by Crippen LogP contribution is -2.47. The minimum Gasteiger partial charge on any atom is -0.480 e. The second kappa shape index (κ2) is 6.56. The molecule has 2 aliphatic heterocycles. The molecule has 3 rings (SSSR count). The van der Waals surface area contributed by atoms with Gasteiger partial charge >= 0.3 is 11.7 Å². The molecule has 138 valence electrons. The Morgan fingerprint density at radius 2 is 2.32 bits per heavy atom. The van der Waals surface area contributed by atoms with Crippen LogP contribution in [-0.4, -0.2) is 62.8 Å². The first kappa shape index (κ1) is 18.1. The Morgan fingerprint density at radius 1 is 1.60 bits per heavy atom. The maximum Gasteiger partial charge on any atom is 0.328 e. The summed E-state index contributed by atoms with van der Waals surface area (Å²) in [5.74, 6) is -2.96. The van der Waals surface area contributed by atoms with Crippen molar-refractivity contribution in [1.29, 1.82) is 0 Å². The number of aliphatic carboxylic acids is 1. The van der Waals surface area contributed by atoms with Gasteiger partial charge in [-0.1, -0.05) is 0 Å². The van der Waals surface area contributed by atoms with Gasteiger partial charge in [-0.3, -0.25) is 19.1 Å². The van der Waals surface area contributed by atoms with Gasteiger partial charge in [-0.25, -0.2) is 4.79 Å². The van der Waals surface area contributed by atoms with Gasteiger partial charge < -0.3 is 19.3 Å². The van der Waals surface area contributed by atoms with E-state index in [9.17, 15) is 18.8 Å². The molecule has 2 fully saturated rings. The summed E-state index contributed by atoms with van der Waals surface area (Å²) in [6, 6.07) is 0. The zero-order valence-electron chi connectivity index (χ0n) is 13.4. The Balaban J connectivity index is 1.74. The van der Waals surface area contributed by atoms with Gasteiger partial charge in [0.1, 0.15) is 12.2 Å². The first-order valence-electron chi connectivity index (χ1n) is 7.49. The fourth-order valence-corrected chi connectivity index (χ4v) is 3.66. The third-order valence-electron chi connectivity index (χ3n) is 4.24. The molecular weight excluding hydrogens is 359 g/mol. The molecule has 0 aliphatic carbocycles. The Kier molecular flexibility index (Phi) is 4.75. The van der Waals surface area contributed by atoms with Crippen molar-refractivity contribution in [1.82, 2.24) is 9.55 Å². The van der Waals surface area contributed by atoms with Crippen molar-refractivity contribution < 1.29 is 28.5 Å². The summed E-state index contributed by atoms with van der Waals surface area (Å²) in [5, 5.41) is 8.33. The standard InChI is InChI=1S/C14H17FN2O7S/c1-6(12(19)20)25-4-8-9-10(23-9)14(22-2,24-8)5-17-3-7(15)11(18)16-13(17)21/h3,6,8-10H,4-5H2,1-2H3,(H,19,20)(H,16,18,21)/t6?,8-,9+,10+,14+/m1/s1. The van der Waals surface area contributed by atoms with Gasteiger partial charge in [0, 0.05) is 12.9 Å². The van der Waals surface area contributed by atoms with E-state index in [-0.39, 0.29) is 12.6 Å². The molecule has 0 spiro atoms. The molecule has 1 aromatic rings. The molecule has 25 heavy (non-hydrogen) atoms. The fraction of sp³-hybridized carbons (Fsp3) is 0.643. The molecular formula is C14H17FN2O7S. The quantitative estimate of drug-likeness (QED) is 0.604. The highest BCUT2D eigenvalue weighted by atomic mass is 32.2. The van der Waals surface area contributed by atoms with E-state index in [2.05, 4.69) is 0 Å². The monoisotopic (exact) mass is 376 g/mol. The maximum absolute atomic E-state index is 13.5. The van der Waals surface area contributed by atoms with E-state index < -0.39 is 46.3 Å². The molecule has 1 unspecified atom stereocenters. The third kappa shape index (κ3) is 3.36. The van der Waals surface area contributed by atoms with Crippen molar-refractivity contribution in [2.75, 3.05) is 12.9 Å². The number of carboxylic acid groups (broad SMARTS) is 1. The van der Waals surface area contributed by atoms with E-state index in [0.29, 0.717) is 5.75 Å². The highest BCUT2D eigenvalue weighted by molar-refractivity contribution is 8.00. The van der Waals surface area contributed by atoms with Crippen LogP contribution in [-0.2, 0) is 25.5 Å². The molecule has 5 atom stereocenters. The van der Waals surface area contributed by atoms with Crippen LogP contribution in [0.2, 0.25) is 0 Å². The van der Waals surface area contributed by atoms with Crippen molar-refractivity contribution in [2.45, 2.75) is 42.8 Å². The smallest absolute Gasteiger partial charge is 0.328 e. The second-order valence-electron chi connectivity index (χ2n) is 5.87. The molecule has 0 aromatic carbocycles. The molecule has 2 aliphatic rings. The minimum absolute atomic E-state index is 0.174. The second-order valence-corrected chi connectivity index (χ2v) is 7.25. The number of carbonyl (C=O) groups is 1. The average molecular weight is 376 g/mol. The molecule has 2 N–H and O–H groups in total. The number of rotatable bonds is 7. The Labute approximate surface area is 145 Å². The van der Waals surface area contributed by atoms with Crippen LogP contribution in [0, 0.1) is 5.82 Å². The number of hydrogen-bond acceptors (Lipinski definition) is 7. The van der Waals surface area contributed by atoms with Crippen LogP contribution in [0.25, 0.3) is 0 Å². The van der Waals surface area contributed by atoms with E-state index in [0.717, 1.165) is 10.8 Å². The van der Waals surface area contributed by atoms with Crippen LogP contribution in [0.4, 0.5) is 4.39 Å². The van der Waals surface area contributed by atoms with Gasteiger partial charge in [0.15, 0.2) is 0 Å². The summed E-state index contributed by atoms with van der Waals surface area (Å²) in [5.41, 5.74) is -1.89. The van der Waals surface area contributed by atoms with Crippen LogP contribution in [0.1, 0.15) is 6.92 Å². The molecule has 0 amide bonds. The van der Waals surface area contributed by atoms with Crippen molar-refractivity contribution in [3.8, 4) is 0 Å². The third-order valence-corrected chi connectivity index (χ3v) is 5.46. The number of aromatic amines is 1. The summed E-state index contributed by atoms with van der Waals surface area (Å²) in [6.45, 7) is 1.40. The number of thioether (sulfide) groups is 1. The summed E-state index contributed by atoms with van der Waals surface area (Å²) in [6.07, 6.45) is -0.362. The van der Waals surface area contributed by atoms with Gasteiger partial charge in [-0.05, 0) is 6.92 Å². The van der Waals surface area contributed by atoms with Crippen LogP contribution in [0.15, 0.2) is 15.8 Å². The number of carboxylic acids is 1. The van der Waals surface area contributed by atoms with E-state index in [1.165, 1.54) is 18.9 Å². The number of halogens is 1. The molecule has 0 bridgehead atoms. The molecule has 2 saturated heterocycles. The number of H-pyrrole nitrogens is 1. The predicted molar refractivity (Wildman–Crippen MR) is 84.1 cm³/mol. The number of aromatic nitrogens is 2. The zero-order chi connectivity index (χ0) is 18.4. The SMILES string of the molecule is CO[C@@]1(Cn2cc(F)c(=O)[nH]c2=O)O[C@H](CSC(C)C(=O)O)[C@@H]2O[C@@H]21. The summed E-state index contributed by atoms with van der Waals surface area (Å²) < 4.78 is 31.3. The van der Waals surface area contributed by atoms with Crippen molar-refractivity contribution in [3.05, 3.63) is 32.9 Å². The van der Waals surface area contributed by atoms with Crippen LogP contribution in [0.3, 0.4) is 0 Å². The Hall–Kier alpha value is -1.69. The lowest BCUT2D eigenvalue weighted by molar-refractivity contribution is -0.250. The normalized spacial score (nSPS) is 31.6. The van der Waals surface area contributed by atoms with E-state index in [1.807, 2.05) is 4.98 Å². The summed E-state index contributed by atoms with van der Waals surface area (Å²) >= 11 is 1.20. The van der Waals surface area contributed by atoms with Gasteiger partial charge in [-0.2, -0.15) is 4.39 Å². The number of ether oxygens (including phenoxy) is 3. The zero-order valence-corrected chi connectivity index (χ0v) is 14.2. The number of nitrogens with zero attached hydrogens (tertiary/aromatic N) is 1. The van der Waals surface area contributed by atoms with E-state index in [4.69, 9.17) is 19.3 Å². The van der Waals surface area contributed by atoms with Gasteiger partial charge in [0.2, 0.25) is 11.6 Å². The Bertz CT molecular complexity index is 796. The first-order chi connectivity index (χ1) is 11.8. The van der Waals surface area contributed by atoms with Gasteiger partial charge in [-0.15, -0.1) is 11.8 Å². The molecule has 1 aromatic heterocycles. The highest BCUT2D eigenvalue weighted by Crippen LogP contribution is 2.48. The van der Waals surface area contributed by atoms with E-state index in [1.54, 1.807) is 6.92 Å². The number of methoxy groups -OCH3 is 1. The highest BCUT2D eigenvalue weighted by Gasteiger charge is 2.67. The first-order valence-corrected chi connectivity index (χ1v) is 8.54. The number of hydrogen-bond donors (Lipinski definition) is 2. The predicted octanol–water partition coefficient (Wildman–Crippen LogP) is -0.609. The molecule has 11 heteroatoms. The molecule has 9 nitrogen and oxygen atoms in total. The summed E-state index contributed by atoms with van der Waals surface area (Å²) in [7, 11) is 1.38. The van der Waals surface area contributed by atoms with Gasteiger partial charge in [0.05, 0.1) is 24.1 Å². The van der Waals surface area contributed by atoms with Gasteiger partial charge in [0.25, 0.3) is 5.56 Å². The topological polar surface area (TPSA) is 123 Å². The lowest BCUT2D eigenvalue weighted by atomic mass is 10.1. The summed E-state index contributed by atoms with van der Waals surface area (Å²) in [4.78, 5) is 35.7. The number of fused-ring (bicyclic) bond motifs is 1. The molecule has 0 saturated carbocycles. The number of epoxide rings is 1. The van der Waals surface area contributed by atoms with Crippen molar-refractivity contribution >= 4 is 17.7 Å². The number of nitrogens with one attached hydrogen (secondary N) is 1. The minimum atomic E-state index is -1.31. The Morgan fingerprint density at radius 3 is 2.96 bits per heavy atom. The van der Waals surface area contributed by atoms with E-state index >= 15 is 0 Å². The van der Waals surface area contributed by atoms with Crippen LogP contribution in [0.5, 0.6) is 0 Å². The largest absolute Gasteiger partial charge is 0.480 e. The van der Waals surface area contributed by atoms with Crippen molar-refractivity contribution in [3.63, 3.8) is 0 Å². The fourth-order valence-electron chi connectivity index (χ4n) is 2.78. The lowest BCUT2D eigenvalue weighted by Gasteiger charge is -2.30. The molecule has 3 heterocycles. The van der Waals surface area contributed by atoms with Crippen molar-refractivity contribution in [2.24, 2.45) is 0 Å².